The second-order valence-electron chi connectivity index (χ2n) is 8.15. The van der Waals surface area contributed by atoms with E-state index in [-0.39, 0.29) is 24.3 Å². The number of rotatable bonds is 3. The van der Waals surface area contributed by atoms with Crippen molar-refractivity contribution in [3.05, 3.63) is 71.4 Å². The standard InChI is InChI=1S/C24H24N4O2/c25-20-12-16-6-2-4-10-21(16)26-23(20)18-8-5-11-27(14-18)22(29)15-28-13-17-7-1-3-9-19(17)24(28)30/h1-4,6-7,9-10,12,18H,5,8,11,13-15,25H2/t18-/m0/s1. The Bertz CT molecular complexity index is 1140. The lowest BCUT2D eigenvalue weighted by Gasteiger charge is -2.34. The number of hydrogen-bond donors (Lipinski definition) is 1. The van der Waals surface area contributed by atoms with Gasteiger partial charge in [0, 0.05) is 36.5 Å². The number of benzene rings is 2. The van der Waals surface area contributed by atoms with Gasteiger partial charge in [0.1, 0.15) is 6.54 Å². The lowest BCUT2D eigenvalue weighted by Crippen LogP contribution is -2.45. The van der Waals surface area contributed by atoms with E-state index in [1.165, 1.54) is 0 Å². The Balaban J connectivity index is 1.31. The zero-order valence-electron chi connectivity index (χ0n) is 16.8. The average molecular weight is 400 g/mol. The fraction of sp³-hybridized carbons (Fsp3) is 0.292. The molecule has 1 atom stereocenters. The van der Waals surface area contributed by atoms with Crippen molar-refractivity contribution in [2.75, 3.05) is 25.4 Å². The van der Waals surface area contributed by atoms with Crippen molar-refractivity contribution >= 4 is 28.4 Å². The first-order valence-electron chi connectivity index (χ1n) is 10.4. The Hall–Kier alpha value is -3.41. The van der Waals surface area contributed by atoms with Crippen molar-refractivity contribution in [2.24, 2.45) is 0 Å². The van der Waals surface area contributed by atoms with Crippen LogP contribution < -0.4 is 5.73 Å². The van der Waals surface area contributed by atoms with E-state index in [2.05, 4.69) is 0 Å². The van der Waals surface area contributed by atoms with E-state index in [0.29, 0.717) is 30.9 Å². The molecule has 2 aromatic carbocycles. The van der Waals surface area contributed by atoms with Gasteiger partial charge in [0.25, 0.3) is 5.91 Å². The minimum atomic E-state index is -0.0621. The molecule has 2 N–H and O–H groups in total. The maximum atomic E-state index is 13.0. The topological polar surface area (TPSA) is 79.5 Å². The molecule has 1 saturated heterocycles. The van der Waals surface area contributed by atoms with Crippen molar-refractivity contribution in [1.82, 2.24) is 14.8 Å². The zero-order valence-corrected chi connectivity index (χ0v) is 16.8. The second-order valence-corrected chi connectivity index (χ2v) is 8.15. The number of nitrogens with zero attached hydrogens (tertiary/aromatic N) is 3. The van der Waals surface area contributed by atoms with Crippen LogP contribution >= 0.6 is 0 Å². The molecule has 2 aliphatic heterocycles. The number of hydrogen-bond acceptors (Lipinski definition) is 4. The lowest BCUT2D eigenvalue weighted by molar-refractivity contribution is -0.133. The molecule has 2 amide bonds. The molecule has 152 valence electrons. The van der Waals surface area contributed by atoms with Crippen LogP contribution in [-0.4, -0.2) is 46.2 Å². The Morgan fingerprint density at radius 1 is 1.13 bits per heavy atom. The SMILES string of the molecule is Nc1cc2ccccc2nc1[C@H]1CCCN(C(=O)CN2Cc3ccccc3C2=O)C1. The highest BCUT2D eigenvalue weighted by Gasteiger charge is 2.32. The molecule has 6 nitrogen and oxygen atoms in total. The highest BCUT2D eigenvalue weighted by atomic mass is 16.2. The van der Waals surface area contributed by atoms with Gasteiger partial charge in [-0.3, -0.25) is 14.6 Å². The third-order valence-corrected chi connectivity index (χ3v) is 6.17. The normalized spacial score (nSPS) is 18.7. The summed E-state index contributed by atoms with van der Waals surface area (Å²) >= 11 is 0. The van der Waals surface area contributed by atoms with Gasteiger partial charge in [-0.15, -0.1) is 0 Å². The summed E-state index contributed by atoms with van der Waals surface area (Å²) in [6.07, 6.45) is 1.85. The van der Waals surface area contributed by atoms with Gasteiger partial charge in [0.15, 0.2) is 0 Å². The van der Waals surface area contributed by atoms with Crippen LogP contribution in [0.4, 0.5) is 5.69 Å². The van der Waals surface area contributed by atoms with Crippen molar-refractivity contribution in [3.63, 3.8) is 0 Å². The molecule has 2 aliphatic rings. The van der Waals surface area contributed by atoms with Gasteiger partial charge >= 0.3 is 0 Å². The highest BCUT2D eigenvalue weighted by molar-refractivity contribution is 6.00. The van der Waals surface area contributed by atoms with Gasteiger partial charge in [-0.05, 0) is 36.6 Å². The molecule has 0 radical (unpaired) electrons. The molecule has 6 heteroatoms. The van der Waals surface area contributed by atoms with Crippen molar-refractivity contribution < 1.29 is 9.59 Å². The van der Waals surface area contributed by atoms with E-state index in [4.69, 9.17) is 10.7 Å². The molecule has 0 spiro atoms. The number of pyridine rings is 1. The van der Waals surface area contributed by atoms with Crippen LogP contribution in [0.2, 0.25) is 0 Å². The molecule has 0 aliphatic carbocycles. The van der Waals surface area contributed by atoms with E-state index >= 15 is 0 Å². The van der Waals surface area contributed by atoms with Crippen LogP contribution in [-0.2, 0) is 11.3 Å². The first-order valence-corrected chi connectivity index (χ1v) is 10.4. The van der Waals surface area contributed by atoms with E-state index in [9.17, 15) is 9.59 Å². The van der Waals surface area contributed by atoms with Crippen LogP contribution in [0.3, 0.4) is 0 Å². The Kier molecular flexibility index (Phi) is 4.62. The average Bonchev–Trinajstić information content (AvgIpc) is 3.09. The number of carbonyl (C=O) groups is 2. The molecular formula is C24H24N4O2. The van der Waals surface area contributed by atoms with E-state index < -0.39 is 0 Å². The van der Waals surface area contributed by atoms with E-state index in [1.807, 2.05) is 59.5 Å². The predicted molar refractivity (Wildman–Crippen MR) is 116 cm³/mol. The molecule has 3 aromatic rings. The summed E-state index contributed by atoms with van der Waals surface area (Å²) in [5.74, 6) is 0.0342. The molecule has 1 fully saturated rings. The maximum Gasteiger partial charge on any atom is 0.254 e. The molecule has 0 unspecified atom stereocenters. The first kappa shape index (κ1) is 18.6. The molecule has 3 heterocycles. The monoisotopic (exact) mass is 400 g/mol. The summed E-state index contributed by atoms with van der Waals surface area (Å²) < 4.78 is 0. The highest BCUT2D eigenvalue weighted by Crippen LogP contribution is 2.31. The van der Waals surface area contributed by atoms with E-state index in [1.54, 1.807) is 4.90 Å². The number of piperidine rings is 1. The van der Waals surface area contributed by atoms with Crippen LogP contribution in [0.5, 0.6) is 0 Å². The summed E-state index contributed by atoms with van der Waals surface area (Å²) in [5.41, 5.74) is 10.5. The smallest absolute Gasteiger partial charge is 0.254 e. The number of amides is 2. The minimum absolute atomic E-state index is 0.0137. The zero-order chi connectivity index (χ0) is 20.7. The quantitative estimate of drug-likeness (QED) is 0.732. The molecule has 0 saturated carbocycles. The summed E-state index contributed by atoms with van der Waals surface area (Å²) in [5, 5.41) is 1.02. The molecule has 0 bridgehead atoms. The fourth-order valence-corrected chi connectivity index (χ4v) is 4.61. The summed E-state index contributed by atoms with van der Waals surface area (Å²) in [6.45, 7) is 1.90. The van der Waals surface area contributed by atoms with Gasteiger partial charge in [-0.1, -0.05) is 36.4 Å². The van der Waals surface area contributed by atoms with Crippen LogP contribution in [0.1, 0.15) is 40.4 Å². The number of anilines is 1. The summed E-state index contributed by atoms with van der Waals surface area (Å²) in [6, 6.07) is 17.5. The second kappa shape index (κ2) is 7.44. The van der Waals surface area contributed by atoms with Crippen molar-refractivity contribution in [1.29, 1.82) is 0 Å². The Labute approximate surface area is 175 Å². The largest absolute Gasteiger partial charge is 0.397 e. The molecule has 30 heavy (non-hydrogen) atoms. The summed E-state index contributed by atoms with van der Waals surface area (Å²) in [7, 11) is 0. The third kappa shape index (κ3) is 3.28. The molecule has 1 aromatic heterocycles. The lowest BCUT2D eigenvalue weighted by atomic mass is 9.92. The number of nitrogens with two attached hydrogens (primary N) is 1. The maximum absolute atomic E-state index is 13.0. The number of aromatic nitrogens is 1. The Morgan fingerprint density at radius 3 is 2.80 bits per heavy atom. The minimum Gasteiger partial charge on any atom is -0.397 e. The molecule has 5 rings (SSSR count). The number of nitrogen functional groups attached to an aromatic ring is 1. The van der Waals surface area contributed by atoms with Gasteiger partial charge in [-0.25, -0.2) is 0 Å². The van der Waals surface area contributed by atoms with Crippen LogP contribution in [0.15, 0.2) is 54.6 Å². The van der Waals surface area contributed by atoms with Crippen molar-refractivity contribution in [3.8, 4) is 0 Å². The fourth-order valence-electron chi connectivity index (χ4n) is 4.61. The number of carbonyl (C=O) groups excluding carboxylic acids is 2. The number of fused-ring (bicyclic) bond motifs is 2. The van der Waals surface area contributed by atoms with Gasteiger partial charge in [0.05, 0.1) is 16.9 Å². The Morgan fingerprint density at radius 2 is 1.93 bits per heavy atom. The van der Waals surface area contributed by atoms with Crippen LogP contribution in [0.25, 0.3) is 10.9 Å². The van der Waals surface area contributed by atoms with Gasteiger partial charge < -0.3 is 15.5 Å². The first-order chi connectivity index (χ1) is 14.6. The van der Waals surface area contributed by atoms with Crippen LogP contribution in [0, 0.1) is 0 Å². The van der Waals surface area contributed by atoms with Gasteiger partial charge in [-0.2, -0.15) is 0 Å². The summed E-state index contributed by atoms with van der Waals surface area (Å²) in [4.78, 5) is 33.9. The van der Waals surface area contributed by atoms with Gasteiger partial charge in [0.2, 0.25) is 5.91 Å². The third-order valence-electron chi connectivity index (χ3n) is 6.17. The number of para-hydroxylation sites is 1. The predicted octanol–water partition coefficient (Wildman–Crippen LogP) is 3.18. The number of likely N-dealkylation sites (tertiary alicyclic amines) is 1. The molecular weight excluding hydrogens is 376 g/mol. The van der Waals surface area contributed by atoms with E-state index in [0.717, 1.165) is 35.0 Å². The van der Waals surface area contributed by atoms with Crippen molar-refractivity contribution in [2.45, 2.75) is 25.3 Å².